The van der Waals surface area contributed by atoms with Crippen molar-refractivity contribution >= 4 is 29.4 Å². The van der Waals surface area contributed by atoms with Crippen molar-refractivity contribution in [2.24, 2.45) is 11.8 Å². The van der Waals surface area contributed by atoms with Gasteiger partial charge in [0.2, 0.25) is 23.6 Å². The molecule has 5 atom stereocenters. The van der Waals surface area contributed by atoms with Crippen LogP contribution in [0.15, 0.2) is 60.7 Å². The van der Waals surface area contributed by atoms with E-state index >= 15 is 0 Å². The van der Waals surface area contributed by atoms with Crippen molar-refractivity contribution in [3.63, 3.8) is 0 Å². The van der Waals surface area contributed by atoms with Gasteiger partial charge in [0.25, 0.3) is 0 Å². The van der Waals surface area contributed by atoms with Crippen molar-refractivity contribution in [2.75, 3.05) is 39.5 Å². The summed E-state index contributed by atoms with van der Waals surface area (Å²) < 4.78 is 10.8. The Balaban J connectivity index is 1.50. The maximum absolute atomic E-state index is 14.1. The molecule has 4 amide bonds. The summed E-state index contributed by atoms with van der Waals surface area (Å²) in [6.07, 6.45) is 2.64. The Morgan fingerprint density at radius 2 is 1.21 bits per heavy atom. The summed E-state index contributed by atoms with van der Waals surface area (Å²) >= 11 is 0. The third kappa shape index (κ3) is 14.0. The molecule has 0 aliphatic carbocycles. The predicted octanol–water partition coefficient (Wildman–Crippen LogP) is 2.97. The van der Waals surface area contributed by atoms with E-state index in [0.29, 0.717) is 58.6 Å². The summed E-state index contributed by atoms with van der Waals surface area (Å²) in [6.45, 7) is 12.4. The number of carbonyl (C=O) groups excluding carboxylic acids is 5. The number of Topliss-reactive ketones (excluding diaryl/α,β-unsaturated/α-hetero) is 1. The van der Waals surface area contributed by atoms with Gasteiger partial charge < -0.3 is 30.7 Å². The van der Waals surface area contributed by atoms with E-state index in [1.54, 1.807) is 6.92 Å². The minimum Gasteiger partial charge on any atom is -0.379 e. The number of ether oxygens (including phenoxy) is 2. The Bertz CT molecular complexity index is 1490. The van der Waals surface area contributed by atoms with E-state index in [1.807, 2.05) is 93.3 Å². The number of hydrogen-bond donors (Lipinski definition) is 4. The summed E-state index contributed by atoms with van der Waals surface area (Å²) in [4.78, 5) is 70.6. The van der Waals surface area contributed by atoms with Gasteiger partial charge in [-0.05, 0) is 62.0 Å². The van der Waals surface area contributed by atoms with Gasteiger partial charge in [-0.2, -0.15) is 0 Å². The summed E-state index contributed by atoms with van der Waals surface area (Å²) in [5.74, 6) is -1.79. The van der Waals surface area contributed by atoms with Crippen LogP contribution in [0.25, 0.3) is 0 Å². The highest BCUT2D eigenvalue weighted by atomic mass is 16.6. The molecule has 12 nitrogen and oxygen atoms in total. The van der Waals surface area contributed by atoms with Crippen LogP contribution in [-0.2, 0) is 46.3 Å². The summed E-state index contributed by atoms with van der Waals surface area (Å²) in [5, 5.41) is 11.7. The first-order valence-electron chi connectivity index (χ1n) is 19.1. The number of epoxide rings is 1. The number of nitrogens with one attached hydrogen (secondary N) is 4. The molecule has 53 heavy (non-hydrogen) atoms. The fourth-order valence-corrected chi connectivity index (χ4v) is 6.53. The molecule has 2 heterocycles. The number of hydrogen-bond acceptors (Lipinski definition) is 8. The molecule has 2 aromatic rings. The molecule has 4 rings (SSSR count). The lowest BCUT2D eigenvalue weighted by molar-refractivity contribution is -0.135. The van der Waals surface area contributed by atoms with E-state index in [1.165, 1.54) is 0 Å². The van der Waals surface area contributed by atoms with Crippen LogP contribution in [0.5, 0.6) is 0 Å². The van der Waals surface area contributed by atoms with Gasteiger partial charge in [-0.15, -0.1) is 0 Å². The van der Waals surface area contributed by atoms with Crippen LogP contribution in [0.3, 0.4) is 0 Å². The minimum atomic E-state index is -1.03. The van der Waals surface area contributed by atoms with Gasteiger partial charge in [0.05, 0.1) is 32.4 Å². The molecule has 0 radical (unpaired) electrons. The Hall–Kier alpha value is -4.13. The maximum Gasteiger partial charge on any atom is 0.243 e. The third-order valence-corrected chi connectivity index (χ3v) is 9.62. The van der Waals surface area contributed by atoms with Gasteiger partial charge in [-0.25, -0.2) is 0 Å². The standard InChI is InChI=1S/C41H59N5O7/c1-28(2)23-33(37(48)41(5)27-53-41)43-40(51)35(25-31-15-10-7-11-16-31)45-39(50)34(24-29(3)4)44-38(49)32(18-12-17-30-13-8-6-9-14-30)42-36(47)26-46-19-21-52-22-20-46/h6-11,13-16,28-29,32-35H,12,17-27H2,1-5H3,(H,42,47)(H,43,51)(H,44,49)(H,45,50)/t32-,33+,34+,35-,41-/m1/s1. The summed E-state index contributed by atoms with van der Waals surface area (Å²) in [5.41, 5.74) is 1.03. The van der Waals surface area contributed by atoms with Crippen molar-refractivity contribution in [2.45, 2.75) is 103 Å². The average Bonchev–Trinajstić information content (AvgIpc) is 3.88. The van der Waals surface area contributed by atoms with Gasteiger partial charge in [0.15, 0.2) is 5.78 Å². The zero-order chi connectivity index (χ0) is 38.4. The Morgan fingerprint density at radius 1 is 0.698 bits per heavy atom. The van der Waals surface area contributed by atoms with E-state index in [-0.39, 0.29) is 36.5 Å². The number of nitrogens with zero attached hydrogens (tertiary/aromatic N) is 1. The first-order chi connectivity index (χ1) is 25.3. The van der Waals surface area contributed by atoms with Gasteiger partial charge in [-0.3, -0.25) is 28.9 Å². The van der Waals surface area contributed by atoms with Crippen LogP contribution in [-0.4, -0.2) is 104 Å². The van der Waals surface area contributed by atoms with Gasteiger partial charge >= 0.3 is 0 Å². The molecular weight excluding hydrogens is 674 g/mol. The van der Waals surface area contributed by atoms with Crippen molar-refractivity contribution in [3.8, 4) is 0 Å². The Morgan fingerprint density at radius 3 is 1.79 bits per heavy atom. The van der Waals surface area contributed by atoms with Crippen LogP contribution < -0.4 is 21.3 Å². The lowest BCUT2D eigenvalue weighted by Crippen LogP contribution is -2.59. The summed E-state index contributed by atoms with van der Waals surface area (Å²) in [6, 6.07) is 15.6. The molecule has 0 saturated carbocycles. The molecule has 2 aliphatic heterocycles. The quantitative estimate of drug-likeness (QED) is 0.143. The van der Waals surface area contributed by atoms with Crippen molar-refractivity contribution in [3.05, 3.63) is 71.8 Å². The Kier molecular flexibility index (Phi) is 16.0. The number of rotatable bonds is 21. The molecule has 4 N–H and O–H groups in total. The molecule has 290 valence electrons. The highest BCUT2D eigenvalue weighted by Gasteiger charge is 2.50. The molecule has 2 aliphatic rings. The van der Waals surface area contributed by atoms with E-state index < -0.39 is 47.5 Å². The monoisotopic (exact) mass is 733 g/mol. The second kappa shape index (κ2) is 20.4. The molecular formula is C41H59N5O7. The van der Waals surface area contributed by atoms with Crippen LogP contribution in [0, 0.1) is 11.8 Å². The molecule has 2 aromatic carbocycles. The van der Waals surface area contributed by atoms with Crippen LogP contribution >= 0.6 is 0 Å². The second-order valence-electron chi connectivity index (χ2n) is 15.4. The number of benzene rings is 2. The van der Waals surface area contributed by atoms with Gasteiger partial charge in [0, 0.05) is 19.5 Å². The van der Waals surface area contributed by atoms with Crippen LogP contribution in [0.2, 0.25) is 0 Å². The largest absolute Gasteiger partial charge is 0.379 e. The molecule has 0 bridgehead atoms. The number of carbonyl (C=O) groups is 5. The fourth-order valence-electron chi connectivity index (χ4n) is 6.53. The maximum atomic E-state index is 14.1. The highest BCUT2D eigenvalue weighted by molar-refractivity contribution is 5.98. The topological polar surface area (TPSA) is 158 Å². The predicted molar refractivity (Wildman–Crippen MR) is 203 cm³/mol. The van der Waals surface area contributed by atoms with Crippen molar-refractivity contribution in [1.82, 2.24) is 26.2 Å². The van der Waals surface area contributed by atoms with Crippen molar-refractivity contribution in [1.29, 1.82) is 0 Å². The number of ketones is 1. The summed E-state index contributed by atoms with van der Waals surface area (Å²) in [7, 11) is 0. The van der Waals surface area contributed by atoms with E-state index in [4.69, 9.17) is 9.47 Å². The van der Waals surface area contributed by atoms with Gasteiger partial charge in [-0.1, -0.05) is 88.4 Å². The number of amides is 4. The van der Waals surface area contributed by atoms with Crippen LogP contribution in [0.1, 0.15) is 71.4 Å². The smallest absolute Gasteiger partial charge is 0.243 e. The first-order valence-corrected chi connectivity index (χ1v) is 19.1. The normalized spacial score (nSPS) is 19.5. The van der Waals surface area contributed by atoms with Crippen LogP contribution in [0.4, 0.5) is 0 Å². The molecule has 2 fully saturated rings. The molecule has 0 unspecified atom stereocenters. The average molecular weight is 734 g/mol. The van der Waals surface area contributed by atoms with Gasteiger partial charge in [0.1, 0.15) is 23.7 Å². The van der Waals surface area contributed by atoms with E-state index in [2.05, 4.69) is 21.3 Å². The third-order valence-electron chi connectivity index (χ3n) is 9.62. The molecule has 12 heteroatoms. The lowest BCUT2D eigenvalue weighted by atomic mass is 9.93. The molecule has 2 saturated heterocycles. The molecule has 0 aromatic heterocycles. The fraction of sp³-hybridized carbons (Fsp3) is 0.585. The molecule has 0 spiro atoms. The minimum absolute atomic E-state index is 0.0206. The highest BCUT2D eigenvalue weighted by Crippen LogP contribution is 2.29. The SMILES string of the molecule is CC(C)C[C@H](NC(=O)[C@@H](CCCc1ccccc1)NC(=O)CN1CCOCC1)C(=O)N[C@H](Cc1ccccc1)C(=O)N[C@@H](CC(C)C)C(=O)[C@@]1(C)CO1. The zero-order valence-electron chi connectivity index (χ0n) is 32.0. The number of aryl methyl sites for hydroxylation is 1. The first kappa shape index (κ1) is 41.6. The zero-order valence-corrected chi connectivity index (χ0v) is 32.0. The van der Waals surface area contributed by atoms with E-state index in [0.717, 1.165) is 17.5 Å². The van der Waals surface area contributed by atoms with Crippen molar-refractivity contribution < 1.29 is 33.4 Å². The lowest BCUT2D eigenvalue weighted by Gasteiger charge is -2.29. The van der Waals surface area contributed by atoms with E-state index in [9.17, 15) is 24.0 Å². The second-order valence-corrected chi connectivity index (χ2v) is 15.4. The number of morpholine rings is 1. The Labute approximate surface area is 314 Å².